The molecular weight excluding hydrogens is 310 g/mol. The molecule has 124 valence electrons. The molecule has 1 unspecified atom stereocenters. The molecule has 2 rings (SSSR count). The number of nitrogens with zero attached hydrogens (tertiary/aromatic N) is 1. The highest BCUT2D eigenvalue weighted by Gasteiger charge is 2.44. The minimum atomic E-state index is -3.19. The Morgan fingerprint density at radius 1 is 1.18 bits per heavy atom. The highest BCUT2D eigenvalue weighted by Crippen LogP contribution is 2.44. The van der Waals surface area contributed by atoms with Crippen molar-refractivity contribution in [2.24, 2.45) is 5.41 Å². The van der Waals surface area contributed by atoms with Gasteiger partial charge in [-0.3, -0.25) is 0 Å². The lowest BCUT2D eigenvalue weighted by Gasteiger charge is -2.26. The van der Waals surface area contributed by atoms with Crippen LogP contribution in [-0.4, -0.2) is 33.1 Å². The van der Waals surface area contributed by atoms with Gasteiger partial charge in [-0.2, -0.15) is 4.31 Å². The van der Waals surface area contributed by atoms with Crippen LogP contribution in [0.25, 0.3) is 0 Å². The van der Waals surface area contributed by atoms with Crippen molar-refractivity contribution in [3.8, 4) is 0 Å². The van der Waals surface area contributed by atoms with E-state index in [1.165, 1.54) is 0 Å². The Kier molecular flexibility index (Phi) is 4.90. The average molecular weight is 340 g/mol. The number of rotatable bonds is 5. The van der Waals surface area contributed by atoms with Crippen LogP contribution in [-0.2, 0) is 10.0 Å². The Balaban J connectivity index is 2.26. The van der Waals surface area contributed by atoms with Crippen LogP contribution < -0.4 is 0 Å². The van der Waals surface area contributed by atoms with Crippen molar-refractivity contribution in [1.29, 1.82) is 0 Å². The summed E-state index contributed by atoms with van der Waals surface area (Å²) in [5, 5.41) is 0. The Labute approximate surface area is 136 Å². The molecule has 3 nitrogen and oxygen atoms in total. The molecule has 1 fully saturated rings. The maximum atomic E-state index is 12.9. The molecule has 0 aromatic heterocycles. The summed E-state index contributed by atoms with van der Waals surface area (Å²) < 4.78 is 27.6. The quantitative estimate of drug-likeness (QED) is 0.757. The molecule has 1 aliphatic rings. The van der Waals surface area contributed by atoms with Gasteiger partial charge in [0.2, 0.25) is 10.0 Å². The Bertz CT molecular complexity index is 605. The summed E-state index contributed by atoms with van der Waals surface area (Å²) in [6.07, 6.45) is 0.892. The molecule has 0 spiro atoms. The number of sulfonamides is 1. The van der Waals surface area contributed by atoms with E-state index in [0.29, 0.717) is 12.3 Å². The second-order valence-electron chi connectivity index (χ2n) is 8.47. The molecule has 0 N–H and O–H groups in total. The molecule has 22 heavy (non-hydrogen) atoms. The minimum Gasteiger partial charge on any atom is -0.212 e. The monoisotopic (exact) mass is 339 g/mol. The molecule has 0 aliphatic carbocycles. The second-order valence-corrected chi connectivity index (χ2v) is 16.1. The fourth-order valence-corrected chi connectivity index (χ4v) is 7.87. The predicted molar refractivity (Wildman–Crippen MR) is 96.2 cm³/mol. The standard InChI is InChI=1S/C17H29NO2SSi/c1-17(2)13-16(15-9-7-6-8-10-15)18(14-17)21(19,20)11-12-22(3,4)5/h6-10,16H,11-14H2,1-5H3. The van der Waals surface area contributed by atoms with E-state index in [1.54, 1.807) is 4.31 Å². The molecule has 0 saturated carbocycles. The first-order valence-electron chi connectivity index (χ1n) is 8.05. The van der Waals surface area contributed by atoms with Crippen LogP contribution in [0.3, 0.4) is 0 Å². The molecule has 0 radical (unpaired) electrons. The summed E-state index contributed by atoms with van der Waals surface area (Å²) in [6, 6.07) is 10.9. The lowest BCUT2D eigenvalue weighted by molar-refractivity contribution is 0.369. The molecule has 1 aliphatic heterocycles. The number of benzene rings is 1. The van der Waals surface area contributed by atoms with Crippen molar-refractivity contribution in [2.45, 2.75) is 52.0 Å². The normalized spacial score (nSPS) is 22.9. The summed E-state index contributed by atoms with van der Waals surface area (Å²) in [5.41, 5.74) is 1.15. The van der Waals surface area contributed by atoms with Crippen molar-refractivity contribution in [2.75, 3.05) is 12.3 Å². The van der Waals surface area contributed by atoms with Crippen LogP contribution in [0.5, 0.6) is 0 Å². The smallest absolute Gasteiger partial charge is 0.212 e. The minimum absolute atomic E-state index is 0.0113. The van der Waals surface area contributed by atoms with Crippen LogP contribution >= 0.6 is 0 Å². The van der Waals surface area contributed by atoms with Crippen molar-refractivity contribution in [1.82, 2.24) is 4.31 Å². The zero-order chi connectivity index (χ0) is 16.6. The molecule has 5 heteroatoms. The molecule has 0 amide bonds. The SMILES string of the molecule is CC1(C)CC(c2ccccc2)N(S(=O)(=O)CC[Si](C)(C)C)C1. The Morgan fingerprint density at radius 2 is 1.77 bits per heavy atom. The largest absolute Gasteiger partial charge is 0.214 e. The lowest BCUT2D eigenvalue weighted by atomic mass is 9.89. The van der Waals surface area contributed by atoms with E-state index in [-0.39, 0.29) is 11.5 Å². The van der Waals surface area contributed by atoms with Gasteiger partial charge in [0.1, 0.15) is 0 Å². The summed E-state index contributed by atoms with van der Waals surface area (Å²) in [4.78, 5) is 0. The predicted octanol–water partition coefficient (Wildman–Crippen LogP) is 4.13. The van der Waals surface area contributed by atoms with Crippen LogP contribution in [0.1, 0.15) is 31.9 Å². The molecule has 1 saturated heterocycles. The first-order valence-corrected chi connectivity index (χ1v) is 13.4. The van der Waals surface area contributed by atoms with E-state index in [2.05, 4.69) is 33.5 Å². The van der Waals surface area contributed by atoms with Gasteiger partial charge >= 0.3 is 0 Å². The third kappa shape index (κ3) is 4.43. The third-order valence-electron chi connectivity index (χ3n) is 4.33. The zero-order valence-electron chi connectivity index (χ0n) is 14.5. The van der Waals surface area contributed by atoms with Gasteiger partial charge in [0, 0.05) is 14.6 Å². The van der Waals surface area contributed by atoms with Gasteiger partial charge in [0.05, 0.1) is 11.8 Å². The lowest BCUT2D eigenvalue weighted by Crippen LogP contribution is -2.36. The topological polar surface area (TPSA) is 37.4 Å². The Hall–Kier alpha value is -0.653. The van der Waals surface area contributed by atoms with Crippen LogP contribution in [0.15, 0.2) is 30.3 Å². The van der Waals surface area contributed by atoms with E-state index in [1.807, 2.05) is 30.3 Å². The van der Waals surface area contributed by atoms with E-state index < -0.39 is 18.1 Å². The van der Waals surface area contributed by atoms with Gasteiger partial charge in [-0.25, -0.2) is 8.42 Å². The second kappa shape index (κ2) is 6.10. The zero-order valence-corrected chi connectivity index (χ0v) is 16.3. The van der Waals surface area contributed by atoms with Gasteiger partial charge in [-0.1, -0.05) is 63.8 Å². The van der Waals surface area contributed by atoms with Crippen molar-refractivity contribution in [3.05, 3.63) is 35.9 Å². The maximum Gasteiger partial charge on any atom is 0.214 e. The first-order chi connectivity index (χ1) is 10.0. The number of hydrogen-bond donors (Lipinski definition) is 0. The van der Waals surface area contributed by atoms with Gasteiger partial charge < -0.3 is 0 Å². The maximum absolute atomic E-state index is 12.9. The van der Waals surface area contributed by atoms with Gasteiger partial charge in [0.25, 0.3) is 0 Å². The van der Waals surface area contributed by atoms with Gasteiger partial charge in [-0.05, 0) is 23.4 Å². The average Bonchev–Trinajstić information content (AvgIpc) is 2.74. The van der Waals surface area contributed by atoms with Gasteiger partial charge in [-0.15, -0.1) is 0 Å². The summed E-state index contributed by atoms with van der Waals surface area (Å²) in [6.45, 7) is 11.6. The third-order valence-corrected chi connectivity index (χ3v) is 8.26. The van der Waals surface area contributed by atoms with E-state index >= 15 is 0 Å². The van der Waals surface area contributed by atoms with Crippen molar-refractivity contribution < 1.29 is 8.42 Å². The van der Waals surface area contributed by atoms with Crippen molar-refractivity contribution >= 4 is 18.1 Å². The van der Waals surface area contributed by atoms with Crippen LogP contribution in [0.2, 0.25) is 25.7 Å². The molecule has 1 aromatic rings. The molecule has 1 aromatic carbocycles. The van der Waals surface area contributed by atoms with E-state index in [9.17, 15) is 8.42 Å². The highest BCUT2D eigenvalue weighted by atomic mass is 32.2. The summed E-state index contributed by atoms with van der Waals surface area (Å²) >= 11 is 0. The summed E-state index contributed by atoms with van der Waals surface area (Å²) in [7, 11) is -4.55. The van der Waals surface area contributed by atoms with E-state index in [4.69, 9.17) is 0 Å². The molecule has 1 atom stereocenters. The van der Waals surface area contributed by atoms with E-state index in [0.717, 1.165) is 18.0 Å². The van der Waals surface area contributed by atoms with Gasteiger partial charge in [0.15, 0.2) is 0 Å². The van der Waals surface area contributed by atoms with Crippen molar-refractivity contribution in [3.63, 3.8) is 0 Å². The fourth-order valence-electron chi connectivity index (χ4n) is 3.03. The summed E-state index contributed by atoms with van der Waals surface area (Å²) in [5.74, 6) is 0.294. The first kappa shape index (κ1) is 17.7. The molecular formula is C17H29NO2SSi. The molecule has 1 heterocycles. The van der Waals surface area contributed by atoms with Crippen LogP contribution in [0.4, 0.5) is 0 Å². The van der Waals surface area contributed by atoms with Crippen LogP contribution in [0, 0.1) is 5.41 Å². The highest BCUT2D eigenvalue weighted by molar-refractivity contribution is 7.89. The fraction of sp³-hybridized carbons (Fsp3) is 0.647. The molecule has 0 bridgehead atoms. The number of hydrogen-bond acceptors (Lipinski definition) is 2. The Morgan fingerprint density at radius 3 is 2.32 bits per heavy atom.